The largest absolute Gasteiger partial charge is 0.490 e. The van der Waals surface area contributed by atoms with Crippen molar-refractivity contribution in [3.05, 3.63) is 62.6 Å². The summed E-state index contributed by atoms with van der Waals surface area (Å²) in [5.41, 5.74) is 5.06. The van der Waals surface area contributed by atoms with E-state index in [2.05, 4.69) is 39.6 Å². The van der Waals surface area contributed by atoms with E-state index < -0.39 is 5.60 Å². The second-order valence-corrected chi connectivity index (χ2v) is 11.8. The molecule has 0 amide bonds. The van der Waals surface area contributed by atoms with Gasteiger partial charge in [0.2, 0.25) is 6.79 Å². The number of nitrogens with zero attached hydrogens (tertiary/aromatic N) is 2. The van der Waals surface area contributed by atoms with Crippen LogP contribution >= 0.6 is 0 Å². The topological polar surface area (TPSA) is 94.8 Å². The number of pyridine rings is 2. The minimum absolute atomic E-state index is 0.0903. The second kappa shape index (κ2) is 9.10. The predicted octanol–water partition coefficient (Wildman–Crippen LogP) is 5.03. The summed E-state index contributed by atoms with van der Waals surface area (Å²) in [6.45, 7) is 15.8. The van der Waals surface area contributed by atoms with Crippen molar-refractivity contribution in [3.63, 3.8) is 0 Å². The second-order valence-electron chi connectivity index (χ2n) is 11.8. The molecule has 3 aliphatic rings. The molecule has 0 aliphatic carbocycles. The van der Waals surface area contributed by atoms with Gasteiger partial charge in [0.1, 0.15) is 18.0 Å². The summed E-state index contributed by atoms with van der Waals surface area (Å²) in [6, 6.07) is 3.89. The maximum atomic E-state index is 13.8. The van der Waals surface area contributed by atoms with Crippen LogP contribution in [-0.2, 0) is 36.5 Å². The van der Waals surface area contributed by atoms with Gasteiger partial charge in [0.25, 0.3) is 5.56 Å². The normalized spacial score (nSPS) is 19.2. The molecule has 1 atom stereocenters. The Hall–Kier alpha value is -3.36. The first-order chi connectivity index (χ1) is 18.6. The molecule has 0 radical (unpaired) electrons. The van der Waals surface area contributed by atoms with Gasteiger partial charge in [-0.3, -0.25) is 4.79 Å². The van der Waals surface area contributed by atoms with E-state index in [9.17, 15) is 9.90 Å². The zero-order chi connectivity index (χ0) is 27.7. The smallest absolute Gasteiger partial charge is 0.258 e. The third-order valence-electron chi connectivity index (χ3n) is 8.27. The van der Waals surface area contributed by atoms with Gasteiger partial charge >= 0.3 is 0 Å². The number of benzene rings is 1. The van der Waals surface area contributed by atoms with Crippen LogP contribution in [0.1, 0.15) is 81.7 Å². The van der Waals surface area contributed by atoms with Crippen molar-refractivity contribution in [1.82, 2.24) is 14.9 Å². The summed E-state index contributed by atoms with van der Waals surface area (Å²) < 4.78 is 19.3. The Bertz CT molecular complexity index is 1580. The SMILES string of the molecule is C=C1OCc2c(cc3n(c2=O)Cc2c-3nc3cc4c(c(CNC(C)(C)C)c3c2CCCC)OCO4)[C@@]1(O)CC. The van der Waals surface area contributed by atoms with E-state index >= 15 is 0 Å². The van der Waals surface area contributed by atoms with Gasteiger partial charge < -0.3 is 29.2 Å². The lowest BCUT2D eigenvalue weighted by atomic mass is 9.84. The number of ether oxygens (including phenoxy) is 3. The van der Waals surface area contributed by atoms with Crippen LogP contribution in [0.4, 0.5) is 0 Å². The first-order valence-corrected chi connectivity index (χ1v) is 13.9. The van der Waals surface area contributed by atoms with Crippen LogP contribution in [0.2, 0.25) is 0 Å². The van der Waals surface area contributed by atoms with Gasteiger partial charge in [0.05, 0.1) is 29.0 Å². The number of rotatable bonds is 6. The Kier molecular flexibility index (Phi) is 6.04. The molecular weight excluding hydrogens is 494 g/mol. The number of aryl methyl sites for hydroxylation is 1. The standard InChI is InChI=1S/C31H37N3O5/c1-7-9-10-18-20-14-34-24(11-22-21(29(34)35)15-37-17(3)31(22,36)8-2)27(20)33-23-12-25-28(39-16-38-25)19(26(18)23)13-32-30(4,5)6/h11-12,32,36H,3,7-10,13-16H2,1-2,4-6H3/t31-/m1/s1. The lowest BCUT2D eigenvalue weighted by molar-refractivity contribution is -0.0172. The van der Waals surface area contributed by atoms with Crippen LogP contribution in [0.3, 0.4) is 0 Å². The van der Waals surface area contributed by atoms with Gasteiger partial charge in [-0.15, -0.1) is 0 Å². The van der Waals surface area contributed by atoms with Crippen molar-refractivity contribution in [2.75, 3.05) is 6.79 Å². The van der Waals surface area contributed by atoms with E-state index in [4.69, 9.17) is 19.2 Å². The molecule has 0 unspecified atom stereocenters. The quantitative estimate of drug-likeness (QED) is 0.361. The molecule has 8 heteroatoms. The minimum Gasteiger partial charge on any atom is -0.490 e. The van der Waals surface area contributed by atoms with Crippen LogP contribution in [-0.4, -0.2) is 27.0 Å². The fraction of sp³-hybridized carbons (Fsp3) is 0.484. The first kappa shape index (κ1) is 25.9. The van der Waals surface area contributed by atoms with Crippen LogP contribution in [0.15, 0.2) is 29.3 Å². The molecule has 206 valence electrons. The van der Waals surface area contributed by atoms with Gasteiger partial charge in [-0.25, -0.2) is 4.98 Å². The van der Waals surface area contributed by atoms with E-state index in [0.717, 1.165) is 58.4 Å². The third kappa shape index (κ3) is 3.95. The number of fused-ring (bicyclic) bond motifs is 6. The molecule has 0 saturated heterocycles. The van der Waals surface area contributed by atoms with E-state index in [1.165, 1.54) is 5.56 Å². The summed E-state index contributed by atoms with van der Waals surface area (Å²) in [5, 5.41) is 16.2. The van der Waals surface area contributed by atoms with E-state index in [-0.39, 0.29) is 30.3 Å². The molecule has 0 fully saturated rings. The van der Waals surface area contributed by atoms with Crippen molar-refractivity contribution in [3.8, 4) is 22.9 Å². The summed E-state index contributed by atoms with van der Waals surface area (Å²) in [7, 11) is 0. The van der Waals surface area contributed by atoms with Gasteiger partial charge in [0.15, 0.2) is 11.5 Å². The average molecular weight is 532 g/mol. The molecule has 2 N–H and O–H groups in total. The lowest BCUT2D eigenvalue weighted by Crippen LogP contribution is -2.38. The number of aliphatic hydroxyl groups is 1. The Morgan fingerprint density at radius 2 is 1.95 bits per heavy atom. The van der Waals surface area contributed by atoms with Crippen LogP contribution < -0.4 is 20.3 Å². The van der Waals surface area contributed by atoms with Crippen LogP contribution in [0.5, 0.6) is 11.5 Å². The van der Waals surface area contributed by atoms with Crippen LogP contribution in [0, 0.1) is 0 Å². The zero-order valence-corrected chi connectivity index (χ0v) is 23.5. The molecule has 5 heterocycles. The third-order valence-corrected chi connectivity index (χ3v) is 8.27. The lowest BCUT2D eigenvalue weighted by Gasteiger charge is -2.35. The molecule has 1 aromatic carbocycles. The molecule has 3 aliphatic heterocycles. The highest BCUT2D eigenvalue weighted by Gasteiger charge is 2.42. The monoisotopic (exact) mass is 531 g/mol. The minimum atomic E-state index is -1.41. The maximum Gasteiger partial charge on any atom is 0.258 e. The molecule has 0 spiro atoms. The molecule has 8 nitrogen and oxygen atoms in total. The zero-order valence-electron chi connectivity index (χ0n) is 23.5. The number of hydrogen-bond acceptors (Lipinski definition) is 7. The van der Waals surface area contributed by atoms with E-state index in [1.54, 1.807) is 4.57 Å². The summed E-state index contributed by atoms with van der Waals surface area (Å²) in [4.78, 5) is 19.0. The predicted molar refractivity (Wildman–Crippen MR) is 150 cm³/mol. The van der Waals surface area contributed by atoms with Crippen molar-refractivity contribution in [1.29, 1.82) is 0 Å². The highest BCUT2D eigenvalue weighted by Crippen LogP contribution is 2.46. The van der Waals surface area contributed by atoms with Gasteiger partial charge in [-0.1, -0.05) is 26.8 Å². The molecule has 2 aromatic heterocycles. The molecule has 0 saturated carbocycles. The Morgan fingerprint density at radius 3 is 2.67 bits per heavy atom. The number of hydrogen-bond donors (Lipinski definition) is 2. The number of nitrogens with one attached hydrogen (secondary N) is 1. The molecule has 0 bridgehead atoms. The van der Waals surface area contributed by atoms with E-state index in [1.807, 2.05) is 19.1 Å². The number of aromatic nitrogens is 2. The summed E-state index contributed by atoms with van der Waals surface area (Å²) in [5.74, 6) is 1.74. The summed E-state index contributed by atoms with van der Waals surface area (Å²) >= 11 is 0. The van der Waals surface area contributed by atoms with Crippen LogP contribution in [0.25, 0.3) is 22.3 Å². The number of unbranched alkanes of at least 4 members (excludes halogenated alkanes) is 1. The first-order valence-electron chi connectivity index (χ1n) is 13.9. The highest BCUT2D eigenvalue weighted by molar-refractivity contribution is 5.94. The highest BCUT2D eigenvalue weighted by atomic mass is 16.7. The fourth-order valence-corrected chi connectivity index (χ4v) is 6.06. The average Bonchev–Trinajstić information content (AvgIpc) is 3.51. The fourth-order valence-electron chi connectivity index (χ4n) is 6.06. The van der Waals surface area contributed by atoms with Crippen molar-refractivity contribution < 1.29 is 19.3 Å². The van der Waals surface area contributed by atoms with Gasteiger partial charge in [-0.05, 0) is 51.7 Å². The molecule has 6 rings (SSSR count). The van der Waals surface area contributed by atoms with E-state index in [0.29, 0.717) is 36.4 Å². The summed E-state index contributed by atoms with van der Waals surface area (Å²) in [6.07, 6.45) is 3.27. The Morgan fingerprint density at radius 1 is 1.15 bits per heavy atom. The van der Waals surface area contributed by atoms with Crippen molar-refractivity contribution in [2.45, 2.75) is 91.1 Å². The molecular formula is C31H37N3O5. The van der Waals surface area contributed by atoms with Gasteiger partial charge in [-0.2, -0.15) is 0 Å². The maximum absolute atomic E-state index is 13.8. The van der Waals surface area contributed by atoms with Crippen molar-refractivity contribution >= 4 is 10.9 Å². The molecule has 3 aromatic rings. The van der Waals surface area contributed by atoms with Gasteiger partial charge in [0, 0.05) is 40.2 Å². The molecule has 39 heavy (non-hydrogen) atoms. The van der Waals surface area contributed by atoms with Crippen molar-refractivity contribution in [2.24, 2.45) is 0 Å². The Balaban J connectivity index is 1.62. The Labute approximate surface area is 228 Å².